The van der Waals surface area contributed by atoms with E-state index in [1.54, 1.807) is 4.90 Å². The Kier molecular flexibility index (Phi) is 3.87. The van der Waals surface area contributed by atoms with Crippen LogP contribution in [0.5, 0.6) is 5.75 Å². The van der Waals surface area contributed by atoms with Crippen LogP contribution in [-0.2, 0) is 6.54 Å². The highest BCUT2D eigenvalue weighted by atomic mass is 19.1. The molecule has 0 radical (unpaired) electrons. The topological polar surface area (TPSA) is 40.5 Å². The molecule has 21 heavy (non-hydrogen) atoms. The van der Waals surface area contributed by atoms with Crippen LogP contribution in [0.4, 0.5) is 4.39 Å². The van der Waals surface area contributed by atoms with Gasteiger partial charge in [0.15, 0.2) is 11.6 Å². The zero-order valence-electron chi connectivity index (χ0n) is 12.4. The first-order valence-electron chi connectivity index (χ1n) is 7.89. The van der Waals surface area contributed by atoms with Crippen LogP contribution in [0.15, 0.2) is 12.1 Å². The van der Waals surface area contributed by atoms with Gasteiger partial charge in [-0.2, -0.15) is 0 Å². The number of carbonyl (C=O) groups is 1. The van der Waals surface area contributed by atoms with E-state index < -0.39 is 11.6 Å². The van der Waals surface area contributed by atoms with E-state index >= 15 is 0 Å². The number of nitrogens with zero attached hydrogens (tertiary/aromatic N) is 1. The van der Waals surface area contributed by atoms with Crippen LogP contribution in [-0.4, -0.2) is 22.5 Å². The number of benzene rings is 1. The number of hydrogen-bond donors (Lipinski definition) is 1. The molecule has 1 fully saturated rings. The molecular formula is C17H22FNO2. The Balaban J connectivity index is 1.65. The first-order valence-corrected chi connectivity index (χ1v) is 7.89. The second kappa shape index (κ2) is 5.66. The summed E-state index contributed by atoms with van der Waals surface area (Å²) in [5.41, 5.74) is 1.15. The summed E-state index contributed by atoms with van der Waals surface area (Å²) < 4.78 is 13.4. The van der Waals surface area contributed by atoms with Gasteiger partial charge in [0.05, 0.1) is 0 Å². The fourth-order valence-electron chi connectivity index (χ4n) is 3.66. The average molecular weight is 291 g/mol. The van der Waals surface area contributed by atoms with Gasteiger partial charge in [0.2, 0.25) is 0 Å². The molecule has 0 unspecified atom stereocenters. The highest BCUT2D eigenvalue weighted by molar-refractivity contribution is 5.98. The van der Waals surface area contributed by atoms with Crippen LogP contribution in [0.2, 0.25) is 0 Å². The van der Waals surface area contributed by atoms with E-state index in [2.05, 4.69) is 6.92 Å². The van der Waals surface area contributed by atoms with Crippen molar-refractivity contribution in [3.05, 3.63) is 29.1 Å². The molecular weight excluding hydrogens is 269 g/mol. The Bertz CT molecular complexity index is 550. The zero-order chi connectivity index (χ0) is 15.0. The second-order valence-corrected chi connectivity index (χ2v) is 6.44. The lowest BCUT2D eigenvalue weighted by molar-refractivity contribution is 0.0729. The first kappa shape index (κ1) is 14.4. The third kappa shape index (κ3) is 2.76. The van der Waals surface area contributed by atoms with Gasteiger partial charge in [-0.1, -0.05) is 26.2 Å². The van der Waals surface area contributed by atoms with Crippen molar-refractivity contribution in [2.24, 2.45) is 11.8 Å². The van der Waals surface area contributed by atoms with Crippen molar-refractivity contribution >= 4 is 5.91 Å². The maximum absolute atomic E-state index is 13.4. The lowest BCUT2D eigenvalue weighted by atomic mass is 9.80. The quantitative estimate of drug-likeness (QED) is 0.922. The van der Waals surface area contributed by atoms with Gasteiger partial charge in [0, 0.05) is 18.7 Å². The zero-order valence-corrected chi connectivity index (χ0v) is 12.4. The lowest BCUT2D eigenvalue weighted by Crippen LogP contribution is -2.31. The second-order valence-electron chi connectivity index (χ2n) is 6.44. The molecule has 1 amide bonds. The Morgan fingerprint density at radius 3 is 2.57 bits per heavy atom. The average Bonchev–Trinajstić information content (AvgIpc) is 2.77. The van der Waals surface area contributed by atoms with Crippen LogP contribution in [0.1, 0.15) is 54.9 Å². The van der Waals surface area contributed by atoms with Gasteiger partial charge in [0.1, 0.15) is 0 Å². The molecule has 2 aliphatic rings. The molecule has 3 nitrogen and oxygen atoms in total. The molecule has 1 N–H and O–H groups in total. The molecule has 0 atom stereocenters. The van der Waals surface area contributed by atoms with Gasteiger partial charge >= 0.3 is 0 Å². The SMILES string of the molecule is CC[C@H]1CC[C@H](CN2Cc3cc(F)c(O)cc3C2=O)CC1. The van der Waals surface area contributed by atoms with Crippen LogP contribution in [0.25, 0.3) is 0 Å². The number of phenolic OH excluding ortho intramolecular Hbond substituents is 1. The van der Waals surface area contributed by atoms with E-state index in [9.17, 15) is 14.3 Å². The first-order chi connectivity index (χ1) is 10.1. The summed E-state index contributed by atoms with van der Waals surface area (Å²) in [4.78, 5) is 14.2. The third-order valence-electron chi connectivity index (χ3n) is 5.07. The largest absolute Gasteiger partial charge is 0.505 e. The van der Waals surface area contributed by atoms with Crippen LogP contribution >= 0.6 is 0 Å². The fourth-order valence-corrected chi connectivity index (χ4v) is 3.66. The Morgan fingerprint density at radius 1 is 1.24 bits per heavy atom. The molecule has 3 rings (SSSR count). The molecule has 1 aromatic carbocycles. The number of carbonyl (C=O) groups excluding carboxylic acids is 1. The number of amides is 1. The number of aromatic hydroxyl groups is 1. The highest BCUT2D eigenvalue weighted by Crippen LogP contribution is 2.34. The summed E-state index contributed by atoms with van der Waals surface area (Å²) >= 11 is 0. The summed E-state index contributed by atoms with van der Waals surface area (Å²) in [6.45, 7) is 3.47. The van der Waals surface area contributed by atoms with Gasteiger partial charge in [-0.25, -0.2) is 4.39 Å². The molecule has 4 heteroatoms. The van der Waals surface area contributed by atoms with Gasteiger partial charge in [0.25, 0.3) is 5.91 Å². The van der Waals surface area contributed by atoms with Crippen molar-refractivity contribution in [1.29, 1.82) is 0 Å². The van der Waals surface area contributed by atoms with Crippen LogP contribution < -0.4 is 0 Å². The van der Waals surface area contributed by atoms with Crippen LogP contribution in [0.3, 0.4) is 0 Å². The van der Waals surface area contributed by atoms with Gasteiger partial charge in [-0.15, -0.1) is 0 Å². The highest BCUT2D eigenvalue weighted by Gasteiger charge is 2.31. The van der Waals surface area contributed by atoms with Crippen molar-refractivity contribution in [1.82, 2.24) is 4.90 Å². The van der Waals surface area contributed by atoms with Crippen molar-refractivity contribution in [3.63, 3.8) is 0 Å². The fraction of sp³-hybridized carbons (Fsp3) is 0.588. The van der Waals surface area contributed by atoms with E-state index in [1.807, 2.05) is 0 Å². The Labute approximate surface area is 124 Å². The summed E-state index contributed by atoms with van der Waals surface area (Å²) in [6, 6.07) is 2.55. The molecule has 1 saturated carbocycles. The molecule has 1 heterocycles. The number of fused-ring (bicyclic) bond motifs is 1. The minimum absolute atomic E-state index is 0.0714. The molecule has 1 aromatic rings. The van der Waals surface area contributed by atoms with E-state index in [4.69, 9.17) is 0 Å². The lowest BCUT2D eigenvalue weighted by Gasteiger charge is -2.30. The van der Waals surface area contributed by atoms with E-state index in [0.29, 0.717) is 23.6 Å². The number of rotatable bonds is 3. The molecule has 114 valence electrons. The summed E-state index contributed by atoms with van der Waals surface area (Å²) in [5, 5.41) is 9.42. The molecule has 0 saturated heterocycles. The smallest absolute Gasteiger partial charge is 0.254 e. The standard InChI is InChI=1S/C17H22FNO2/c1-2-11-3-5-12(6-4-11)9-19-10-13-7-15(18)16(20)8-14(13)17(19)21/h7-8,11-12,20H,2-6,9-10H2,1H3/t11-,12-. The van der Waals surface area contributed by atoms with Crippen molar-refractivity contribution in [2.45, 2.75) is 45.6 Å². The maximum Gasteiger partial charge on any atom is 0.254 e. The molecule has 0 spiro atoms. The van der Waals surface area contributed by atoms with Gasteiger partial charge in [-0.3, -0.25) is 4.79 Å². The van der Waals surface area contributed by atoms with Crippen molar-refractivity contribution < 1.29 is 14.3 Å². The summed E-state index contributed by atoms with van der Waals surface area (Å²) in [5.74, 6) is 0.250. The number of halogens is 1. The monoisotopic (exact) mass is 291 g/mol. The normalized spacial score (nSPS) is 25.2. The van der Waals surface area contributed by atoms with E-state index in [1.165, 1.54) is 44.2 Å². The van der Waals surface area contributed by atoms with Crippen molar-refractivity contribution in [3.8, 4) is 5.75 Å². The van der Waals surface area contributed by atoms with Gasteiger partial charge in [-0.05, 0) is 42.4 Å². The van der Waals surface area contributed by atoms with E-state index in [0.717, 1.165) is 12.5 Å². The van der Waals surface area contributed by atoms with Crippen LogP contribution in [0, 0.1) is 17.7 Å². The van der Waals surface area contributed by atoms with Gasteiger partial charge < -0.3 is 10.0 Å². The van der Waals surface area contributed by atoms with E-state index in [-0.39, 0.29) is 5.91 Å². The maximum atomic E-state index is 13.4. The summed E-state index contributed by atoms with van der Waals surface area (Å²) in [6.07, 6.45) is 6.12. The summed E-state index contributed by atoms with van der Waals surface area (Å²) in [7, 11) is 0. The molecule has 1 aliphatic carbocycles. The Hall–Kier alpha value is -1.58. The van der Waals surface area contributed by atoms with Crippen molar-refractivity contribution in [2.75, 3.05) is 6.54 Å². The number of hydrogen-bond acceptors (Lipinski definition) is 2. The third-order valence-corrected chi connectivity index (χ3v) is 5.07. The Morgan fingerprint density at radius 2 is 1.90 bits per heavy atom. The molecule has 1 aliphatic heterocycles. The minimum atomic E-state index is -0.646. The minimum Gasteiger partial charge on any atom is -0.505 e. The predicted molar refractivity (Wildman–Crippen MR) is 78.5 cm³/mol. The number of phenols is 1. The molecule has 0 aromatic heterocycles. The predicted octanol–water partition coefficient (Wildman–Crippen LogP) is 3.70. The molecule has 0 bridgehead atoms.